The van der Waals surface area contributed by atoms with Gasteiger partial charge >= 0.3 is 0 Å². The lowest BCUT2D eigenvalue weighted by Crippen LogP contribution is -2.33. The van der Waals surface area contributed by atoms with Crippen LogP contribution in [0.2, 0.25) is 0 Å². The summed E-state index contributed by atoms with van der Waals surface area (Å²) in [4.78, 5) is 21.7. The lowest BCUT2D eigenvalue weighted by atomic mass is 10.1. The molecule has 1 aromatic carbocycles. The van der Waals surface area contributed by atoms with Gasteiger partial charge in [0.1, 0.15) is 5.82 Å². The minimum atomic E-state index is 0.0878. The zero-order valence-corrected chi connectivity index (χ0v) is 17.7. The van der Waals surface area contributed by atoms with Gasteiger partial charge in [-0.15, -0.1) is 0 Å². The molecule has 2 aliphatic rings. The number of imidazole rings is 1. The van der Waals surface area contributed by atoms with Gasteiger partial charge in [-0.25, -0.2) is 4.98 Å². The highest BCUT2D eigenvalue weighted by Crippen LogP contribution is 2.31. The number of aromatic nitrogens is 4. The Morgan fingerprint density at radius 3 is 2.63 bits per heavy atom. The van der Waals surface area contributed by atoms with Gasteiger partial charge in [-0.05, 0) is 43.0 Å². The molecule has 30 heavy (non-hydrogen) atoms. The van der Waals surface area contributed by atoms with E-state index in [2.05, 4.69) is 25.5 Å². The number of amides is 1. The summed E-state index contributed by atoms with van der Waals surface area (Å²) in [6.07, 6.45) is 9.41. The van der Waals surface area contributed by atoms with Crippen molar-refractivity contribution in [2.45, 2.75) is 32.4 Å². The maximum Gasteiger partial charge on any atom is 0.253 e. The van der Waals surface area contributed by atoms with Gasteiger partial charge in [0, 0.05) is 69.7 Å². The summed E-state index contributed by atoms with van der Waals surface area (Å²) in [6.45, 7) is 3.13. The Labute approximate surface area is 176 Å². The van der Waals surface area contributed by atoms with Crippen LogP contribution in [-0.4, -0.2) is 57.3 Å². The molecule has 1 amide bonds. The second-order valence-corrected chi connectivity index (χ2v) is 8.59. The van der Waals surface area contributed by atoms with Crippen molar-refractivity contribution in [1.82, 2.24) is 24.2 Å². The number of nitrogens with zero attached hydrogens (tertiary/aromatic N) is 6. The van der Waals surface area contributed by atoms with E-state index in [1.54, 1.807) is 0 Å². The maximum atomic E-state index is 13.0. The van der Waals surface area contributed by atoms with Crippen molar-refractivity contribution in [3.05, 3.63) is 54.2 Å². The van der Waals surface area contributed by atoms with Crippen molar-refractivity contribution in [3.8, 4) is 11.3 Å². The molecular weight excluding hydrogens is 376 g/mol. The fraction of sp³-hybridized carbons (Fsp3) is 0.435. The first-order chi connectivity index (χ1) is 14.6. The maximum absolute atomic E-state index is 13.0. The molecule has 0 saturated heterocycles. The van der Waals surface area contributed by atoms with Crippen molar-refractivity contribution < 1.29 is 4.79 Å². The molecule has 0 unspecified atom stereocenters. The van der Waals surface area contributed by atoms with Gasteiger partial charge in [-0.2, -0.15) is 5.10 Å². The van der Waals surface area contributed by atoms with E-state index in [0.717, 1.165) is 53.8 Å². The zero-order valence-electron chi connectivity index (χ0n) is 17.7. The van der Waals surface area contributed by atoms with Crippen LogP contribution >= 0.6 is 0 Å². The van der Waals surface area contributed by atoms with Crippen molar-refractivity contribution >= 4 is 11.6 Å². The number of carbonyl (C=O) groups is 1. The average Bonchev–Trinajstić information content (AvgIpc) is 3.37. The summed E-state index contributed by atoms with van der Waals surface area (Å²) in [5.74, 6) is 1.93. The number of hydrogen-bond donors (Lipinski definition) is 0. The molecule has 1 aliphatic heterocycles. The highest BCUT2D eigenvalue weighted by molar-refractivity contribution is 5.94. The summed E-state index contributed by atoms with van der Waals surface area (Å²) in [6, 6.07) is 7.82. The second kappa shape index (κ2) is 7.63. The summed E-state index contributed by atoms with van der Waals surface area (Å²) >= 11 is 0. The second-order valence-electron chi connectivity index (χ2n) is 8.59. The van der Waals surface area contributed by atoms with Crippen LogP contribution < -0.4 is 4.90 Å². The van der Waals surface area contributed by atoms with Crippen molar-refractivity contribution in [3.63, 3.8) is 0 Å². The Balaban J connectivity index is 1.30. The lowest BCUT2D eigenvalue weighted by molar-refractivity contribution is 0.0759. The molecule has 0 radical (unpaired) electrons. The quantitative estimate of drug-likeness (QED) is 0.656. The molecule has 7 heteroatoms. The topological polar surface area (TPSA) is 59.2 Å². The van der Waals surface area contributed by atoms with E-state index < -0.39 is 0 Å². The van der Waals surface area contributed by atoms with Gasteiger partial charge in [0.2, 0.25) is 0 Å². The third kappa shape index (κ3) is 3.72. The van der Waals surface area contributed by atoms with Gasteiger partial charge in [0.15, 0.2) is 0 Å². The summed E-state index contributed by atoms with van der Waals surface area (Å²) in [5, 5.41) is 4.53. The minimum absolute atomic E-state index is 0.0878. The molecule has 3 aromatic rings. The largest absolute Gasteiger partial charge is 0.378 e. The molecule has 1 saturated carbocycles. The molecule has 1 fully saturated rings. The molecule has 0 spiro atoms. The first-order valence-electron chi connectivity index (χ1n) is 10.7. The number of benzene rings is 1. The minimum Gasteiger partial charge on any atom is -0.378 e. The van der Waals surface area contributed by atoms with Crippen molar-refractivity contribution in [2.75, 3.05) is 32.1 Å². The van der Waals surface area contributed by atoms with Crippen molar-refractivity contribution in [1.29, 1.82) is 0 Å². The van der Waals surface area contributed by atoms with Crippen LogP contribution in [0.1, 0.15) is 29.0 Å². The predicted octanol–water partition coefficient (Wildman–Crippen LogP) is 2.92. The van der Waals surface area contributed by atoms with Crippen LogP contribution in [0, 0.1) is 5.92 Å². The normalized spacial score (nSPS) is 16.3. The van der Waals surface area contributed by atoms with E-state index in [-0.39, 0.29) is 5.91 Å². The zero-order chi connectivity index (χ0) is 20.7. The van der Waals surface area contributed by atoms with E-state index in [0.29, 0.717) is 13.1 Å². The average molecular weight is 405 g/mol. The molecule has 0 atom stereocenters. The fourth-order valence-electron chi connectivity index (χ4n) is 4.11. The highest BCUT2D eigenvalue weighted by Gasteiger charge is 2.24. The third-order valence-corrected chi connectivity index (χ3v) is 6.13. The number of fused-ring (bicyclic) bond motifs is 1. The summed E-state index contributed by atoms with van der Waals surface area (Å²) in [5.41, 5.74) is 4.03. The molecule has 3 heterocycles. The summed E-state index contributed by atoms with van der Waals surface area (Å²) < 4.78 is 4.30. The monoisotopic (exact) mass is 404 g/mol. The number of rotatable bonds is 5. The standard InChI is InChI=1S/C23H28N6O/c1-26(2)20-7-5-18(6-8-20)23(30)27-10-9-22-24-14-21(29(22)12-11-27)19-13-25-28(16-19)15-17-3-4-17/h5-8,13-14,16-17H,3-4,9-12,15H2,1-2H3. The van der Waals surface area contributed by atoms with Gasteiger partial charge in [-0.1, -0.05) is 0 Å². The number of carbonyl (C=O) groups excluding carboxylic acids is 1. The SMILES string of the molecule is CN(C)c1ccc(C(=O)N2CCc3ncc(-c4cnn(CC5CC5)c4)n3CC2)cc1. The van der Waals surface area contributed by atoms with Gasteiger partial charge in [0.05, 0.1) is 18.1 Å². The Hall–Kier alpha value is -3.09. The van der Waals surface area contributed by atoms with E-state index in [1.807, 2.05) is 60.6 Å². The molecule has 156 valence electrons. The third-order valence-electron chi connectivity index (χ3n) is 6.13. The fourth-order valence-corrected chi connectivity index (χ4v) is 4.11. The van der Waals surface area contributed by atoms with Gasteiger partial charge < -0.3 is 14.4 Å². The Kier molecular flexibility index (Phi) is 4.81. The van der Waals surface area contributed by atoms with Crippen LogP contribution in [0.4, 0.5) is 5.69 Å². The smallest absolute Gasteiger partial charge is 0.253 e. The molecule has 1 aliphatic carbocycles. The lowest BCUT2D eigenvalue weighted by Gasteiger charge is -2.21. The van der Waals surface area contributed by atoms with Crippen LogP contribution in [0.15, 0.2) is 42.9 Å². The molecule has 2 aromatic heterocycles. The first kappa shape index (κ1) is 18.9. The van der Waals surface area contributed by atoms with E-state index in [9.17, 15) is 4.79 Å². The summed E-state index contributed by atoms with van der Waals surface area (Å²) in [7, 11) is 4.00. The highest BCUT2D eigenvalue weighted by atomic mass is 16.2. The predicted molar refractivity (Wildman–Crippen MR) is 117 cm³/mol. The van der Waals surface area contributed by atoms with Crippen LogP contribution in [0.5, 0.6) is 0 Å². The van der Waals surface area contributed by atoms with Crippen LogP contribution in [0.25, 0.3) is 11.3 Å². The first-order valence-corrected chi connectivity index (χ1v) is 10.7. The Morgan fingerprint density at radius 1 is 1.10 bits per heavy atom. The van der Waals surface area contributed by atoms with Crippen molar-refractivity contribution in [2.24, 2.45) is 5.92 Å². The molecular formula is C23H28N6O. The molecule has 0 N–H and O–H groups in total. The van der Waals surface area contributed by atoms with Gasteiger partial charge in [0.25, 0.3) is 5.91 Å². The van der Waals surface area contributed by atoms with E-state index >= 15 is 0 Å². The van der Waals surface area contributed by atoms with Gasteiger partial charge in [-0.3, -0.25) is 9.48 Å². The number of hydrogen-bond acceptors (Lipinski definition) is 4. The molecule has 7 nitrogen and oxygen atoms in total. The molecule has 5 rings (SSSR count). The van der Waals surface area contributed by atoms with E-state index in [4.69, 9.17) is 0 Å². The Morgan fingerprint density at radius 2 is 1.90 bits per heavy atom. The number of anilines is 1. The van der Waals surface area contributed by atoms with E-state index in [1.165, 1.54) is 12.8 Å². The molecule has 0 bridgehead atoms. The Bertz CT molecular complexity index is 1040. The van der Waals surface area contributed by atoms with Crippen LogP contribution in [0.3, 0.4) is 0 Å². The van der Waals surface area contributed by atoms with Crippen LogP contribution in [-0.2, 0) is 19.5 Å².